The monoisotopic (exact) mass is 248 g/mol. The van der Waals surface area contributed by atoms with Crippen molar-refractivity contribution in [2.45, 2.75) is 20.3 Å². The first-order valence-corrected chi connectivity index (χ1v) is 6.56. The van der Waals surface area contributed by atoms with E-state index in [-0.39, 0.29) is 0 Å². The lowest BCUT2D eigenvalue weighted by Crippen LogP contribution is -2.15. The van der Waals surface area contributed by atoms with Gasteiger partial charge < -0.3 is 5.32 Å². The van der Waals surface area contributed by atoms with Crippen LogP contribution in [-0.4, -0.2) is 28.3 Å². The van der Waals surface area contributed by atoms with Gasteiger partial charge in [0, 0.05) is 30.9 Å². The molecule has 4 nitrogen and oxygen atoms in total. The molecule has 0 saturated carbocycles. The number of likely N-dealkylation sites (N-methyl/N-ethyl adjacent to an activating group) is 1. The maximum absolute atomic E-state index is 4.21. The summed E-state index contributed by atoms with van der Waals surface area (Å²) in [6.45, 7) is 6.08. The molecular weight excluding hydrogens is 232 g/mol. The molecule has 2 heterocycles. The predicted molar refractivity (Wildman–Crippen MR) is 70.1 cm³/mol. The first-order valence-electron chi connectivity index (χ1n) is 5.74. The highest BCUT2D eigenvalue weighted by Crippen LogP contribution is 2.23. The van der Waals surface area contributed by atoms with Crippen LogP contribution < -0.4 is 5.32 Å². The van der Waals surface area contributed by atoms with E-state index in [4.69, 9.17) is 0 Å². The van der Waals surface area contributed by atoms with Crippen LogP contribution in [0.3, 0.4) is 0 Å². The van der Waals surface area contributed by atoms with Crippen molar-refractivity contribution in [3.63, 3.8) is 0 Å². The molecule has 2 aromatic rings. The summed E-state index contributed by atoms with van der Waals surface area (Å²) in [7, 11) is 0. The molecule has 0 spiro atoms. The Morgan fingerprint density at radius 2 is 2.18 bits per heavy atom. The van der Waals surface area contributed by atoms with Crippen molar-refractivity contribution in [2.75, 3.05) is 13.1 Å². The number of nitrogens with zero attached hydrogens (tertiary/aromatic N) is 3. The molecule has 0 atom stereocenters. The summed E-state index contributed by atoms with van der Waals surface area (Å²) in [5.74, 6) is 0. The number of aromatic nitrogens is 3. The van der Waals surface area contributed by atoms with Crippen LogP contribution in [0.2, 0.25) is 0 Å². The molecule has 0 bridgehead atoms. The fourth-order valence-electron chi connectivity index (χ4n) is 1.52. The number of hydrogen-bond acceptors (Lipinski definition) is 5. The summed E-state index contributed by atoms with van der Waals surface area (Å²) in [5, 5.41) is 13.7. The number of rotatable bonds is 5. The van der Waals surface area contributed by atoms with E-state index in [1.54, 1.807) is 11.3 Å². The molecule has 0 radical (unpaired) electrons. The van der Waals surface area contributed by atoms with Crippen molar-refractivity contribution in [3.8, 4) is 10.6 Å². The summed E-state index contributed by atoms with van der Waals surface area (Å²) in [4.78, 5) is 4.17. The molecule has 0 amide bonds. The summed E-state index contributed by atoms with van der Waals surface area (Å²) in [6, 6.07) is 2.08. The molecule has 0 saturated heterocycles. The molecule has 0 aliphatic carbocycles. The second-order valence-corrected chi connectivity index (χ2v) is 4.92. The lowest BCUT2D eigenvalue weighted by molar-refractivity contribution is 0.710. The fourth-order valence-corrected chi connectivity index (χ4v) is 2.34. The smallest absolute Gasteiger partial charge is 0.149 e. The second kappa shape index (κ2) is 5.84. The van der Waals surface area contributed by atoms with Crippen molar-refractivity contribution < 1.29 is 0 Å². The van der Waals surface area contributed by atoms with Gasteiger partial charge in [-0.25, -0.2) is 0 Å². The molecular formula is C12H16N4S. The Morgan fingerprint density at radius 3 is 2.94 bits per heavy atom. The standard InChI is InChI=1S/C12H16N4S/c1-3-13-5-4-11-15-16-12(17-11)10-6-9(2)7-14-8-10/h6-8,13H,3-5H2,1-2H3. The van der Waals surface area contributed by atoms with Crippen molar-refractivity contribution >= 4 is 11.3 Å². The third kappa shape index (κ3) is 3.31. The molecule has 5 heteroatoms. The van der Waals surface area contributed by atoms with Gasteiger partial charge in [0.15, 0.2) is 0 Å². The molecule has 0 aromatic carbocycles. The number of pyridine rings is 1. The average molecular weight is 248 g/mol. The molecule has 0 aliphatic heterocycles. The van der Waals surface area contributed by atoms with E-state index >= 15 is 0 Å². The maximum atomic E-state index is 4.21. The molecule has 0 fully saturated rings. The molecule has 2 aromatic heterocycles. The topological polar surface area (TPSA) is 50.7 Å². The minimum atomic E-state index is 0.935. The number of aryl methyl sites for hydroxylation is 1. The van der Waals surface area contributed by atoms with E-state index in [1.165, 1.54) is 0 Å². The van der Waals surface area contributed by atoms with Crippen LogP contribution in [0.15, 0.2) is 18.5 Å². The predicted octanol–water partition coefficient (Wildman–Crippen LogP) is 2.06. The first kappa shape index (κ1) is 12.1. The summed E-state index contributed by atoms with van der Waals surface area (Å²) in [6.07, 6.45) is 4.61. The molecule has 1 N–H and O–H groups in total. The highest BCUT2D eigenvalue weighted by molar-refractivity contribution is 7.14. The van der Waals surface area contributed by atoms with Gasteiger partial charge in [0.1, 0.15) is 10.0 Å². The van der Waals surface area contributed by atoms with Gasteiger partial charge in [-0.2, -0.15) is 0 Å². The van der Waals surface area contributed by atoms with E-state index < -0.39 is 0 Å². The van der Waals surface area contributed by atoms with Crippen LogP contribution in [0.1, 0.15) is 17.5 Å². The Morgan fingerprint density at radius 1 is 1.29 bits per heavy atom. The Balaban J connectivity index is 2.07. The Kier molecular flexibility index (Phi) is 4.17. The quantitative estimate of drug-likeness (QED) is 0.823. The fraction of sp³-hybridized carbons (Fsp3) is 0.417. The summed E-state index contributed by atoms with van der Waals surface area (Å²) in [5.41, 5.74) is 2.20. The van der Waals surface area contributed by atoms with E-state index in [9.17, 15) is 0 Å². The van der Waals surface area contributed by atoms with Gasteiger partial charge >= 0.3 is 0 Å². The minimum absolute atomic E-state index is 0.935. The zero-order valence-corrected chi connectivity index (χ0v) is 10.9. The van der Waals surface area contributed by atoms with Gasteiger partial charge in [-0.1, -0.05) is 18.3 Å². The Hall–Kier alpha value is -1.33. The molecule has 0 aliphatic rings. The zero-order chi connectivity index (χ0) is 12.1. The third-order valence-corrected chi connectivity index (χ3v) is 3.39. The van der Waals surface area contributed by atoms with E-state index in [2.05, 4.69) is 33.5 Å². The van der Waals surface area contributed by atoms with Crippen molar-refractivity contribution in [1.29, 1.82) is 0 Å². The zero-order valence-electron chi connectivity index (χ0n) is 10.1. The number of nitrogens with one attached hydrogen (secondary N) is 1. The van der Waals surface area contributed by atoms with Crippen LogP contribution in [0.25, 0.3) is 10.6 Å². The average Bonchev–Trinajstić information content (AvgIpc) is 2.78. The highest BCUT2D eigenvalue weighted by atomic mass is 32.1. The second-order valence-electron chi connectivity index (χ2n) is 3.86. The van der Waals surface area contributed by atoms with Gasteiger partial charge in [-0.15, -0.1) is 10.2 Å². The third-order valence-electron chi connectivity index (χ3n) is 2.35. The van der Waals surface area contributed by atoms with Gasteiger partial charge in [-0.3, -0.25) is 4.98 Å². The van der Waals surface area contributed by atoms with Crippen molar-refractivity contribution in [1.82, 2.24) is 20.5 Å². The van der Waals surface area contributed by atoms with Gasteiger partial charge in [-0.05, 0) is 25.1 Å². The highest BCUT2D eigenvalue weighted by Gasteiger charge is 2.06. The number of hydrogen-bond donors (Lipinski definition) is 1. The SMILES string of the molecule is CCNCCc1nnc(-c2cncc(C)c2)s1. The van der Waals surface area contributed by atoms with Crippen LogP contribution in [0.4, 0.5) is 0 Å². The van der Waals surface area contributed by atoms with E-state index in [0.29, 0.717) is 0 Å². The molecule has 2 rings (SSSR count). The first-order chi connectivity index (χ1) is 8.29. The maximum Gasteiger partial charge on any atom is 0.149 e. The van der Waals surface area contributed by atoms with Gasteiger partial charge in [0.05, 0.1) is 0 Å². The van der Waals surface area contributed by atoms with Crippen molar-refractivity contribution in [2.24, 2.45) is 0 Å². The molecule has 17 heavy (non-hydrogen) atoms. The van der Waals surface area contributed by atoms with E-state index in [1.807, 2.05) is 19.3 Å². The van der Waals surface area contributed by atoms with Crippen LogP contribution in [0.5, 0.6) is 0 Å². The van der Waals surface area contributed by atoms with Crippen LogP contribution >= 0.6 is 11.3 Å². The Labute approximate surface area is 105 Å². The normalized spacial score (nSPS) is 10.7. The minimum Gasteiger partial charge on any atom is -0.317 e. The molecule has 90 valence electrons. The molecule has 0 unspecified atom stereocenters. The largest absolute Gasteiger partial charge is 0.317 e. The van der Waals surface area contributed by atoms with Crippen molar-refractivity contribution in [3.05, 3.63) is 29.0 Å². The van der Waals surface area contributed by atoms with Crippen LogP contribution in [0, 0.1) is 6.92 Å². The Bertz CT molecular complexity index is 481. The van der Waals surface area contributed by atoms with Gasteiger partial charge in [0.25, 0.3) is 0 Å². The van der Waals surface area contributed by atoms with Crippen LogP contribution in [-0.2, 0) is 6.42 Å². The van der Waals surface area contributed by atoms with Gasteiger partial charge in [0.2, 0.25) is 0 Å². The summed E-state index contributed by atoms with van der Waals surface area (Å²) < 4.78 is 0. The van der Waals surface area contributed by atoms with E-state index in [0.717, 1.165) is 40.7 Å². The summed E-state index contributed by atoms with van der Waals surface area (Å²) >= 11 is 1.64. The lowest BCUT2D eigenvalue weighted by atomic mass is 10.2. The lowest BCUT2D eigenvalue weighted by Gasteiger charge is -1.96.